The molecule has 0 unspecified atom stereocenters. The number of unbranched alkanes of at least 4 members (excludes halogenated alkanes) is 2. The highest BCUT2D eigenvalue weighted by atomic mass is 16.4. The van der Waals surface area contributed by atoms with E-state index in [0.29, 0.717) is 25.7 Å². The summed E-state index contributed by atoms with van der Waals surface area (Å²) in [7, 11) is 0. The minimum absolute atomic E-state index is 0.0111. The van der Waals surface area contributed by atoms with Crippen LogP contribution < -0.4 is 122 Å². The fourth-order valence-electron chi connectivity index (χ4n) is 9.77. The number of hydrogen-bond acceptors (Lipinski definition) is 20. The van der Waals surface area contributed by atoms with Crippen LogP contribution in [0.1, 0.15) is 136 Å². The highest BCUT2D eigenvalue weighted by Gasteiger charge is 2.40. The lowest BCUT2D eigenvalue weighted by Gasteiger charge is -2.29. The summed E-state index contributed by atoms with van der Waals surface area (Å²) in [5.41, 5.74) is 72.9. The number of carbonyl (C=O) groups is 11. The molecule has 0 bridgehead atoms. The molecule has 1 aliphatic heterocycles. The summed E-state index contributed by atoms with van der Waals surface area (Å²) in [5, 5.41) is 42.9. The lowest BCUT2D eigenvalue weighted by Crippen LogP contribution is -2.60. The summed E-state index contributed by atoms with van der Waals surface area (Å²) in [6.07, 6.45) is 0.527. The fourth-order valence-corrected chi connectivity index (χ4v) is 9.77. The number of aliphatic hydroxyl groups excluding tert-OH is 1. The second-order valence-electron chi connectivity index (χ2n) is 23.5. The first-order chi connectivity index (χ1) is 46.2. The molecule has 0 aromatic carbocycles. The summed E-state index contributed by atoms with van der Waals surface area (Å²) in [6, 6.07) is -15.1. The zero-order valence-corrected chi connectivity index (χ0v) is 56.4. The summed E-state index contributed by atoms with van der Waals surface area (Å²) in [4.78, 5) is 174. The summed E-state index contributed by atoms with van der Waals surface area (Å²) < 4.78 is 0. The topological polar surface area (TPSA) is 740 Å². The highest BCUT2D eigenvalue weighted by Crippen LogP contribution is 2.20. The molecule has 0 radical (unpaired) electrons. The van der Waals surface area contributed by atoms with E-state index in [1.54, 1.807) is 0 Å². The van der Waals surface area contributed by atoms with Gasteiger partial charge in [-0.2, -0.15) is 0 Å². The zero-order chi connectivity index (χ0) is 74.0. The van der Waals surface area contributed by atoms with Crippen LogP contribution in [0.15, 0.2) is 25.0 Å². The molecule has 1 rings (SSSR count). The van der Waals surface area contributed by atoms with Crippen LogP contribution in [0.5, 0.6) is 0 Å². The molecule has 0 spiro atoms. The van der Waals surface area contributed by atoms with Crippen molar-refractivity contribution < 1.29 is 63.0 Å². The van der Waals surface area contributed by atoms with E-state index in [1.807, 2.05) is 0 Å². The van der Waals surface area contributed by atoms with Gasteiger partial charge in [0.25, 0.3) is 0 Å². The molecule has 1 fully saturated rings. The maximum atomic E-state index is 14.7. The molecule has 0 aromatic heterocycles. The van der Waals surface area contributed by atoms with Crippen molar-refractivity contribution in [2.45, 2.75) is 209 Å². The van der Waals surface area contributed by atoms with Gasteiger partial charge in [-0.05, 0) is 149 Å². The number of nitrogens with zero attached hydrogens (tertiary/aromatic N) is 6. The Hall–Kier alpha value is -9.64. The molecule has 98 heavy (non-hydrogen) atoms. The smallest absolute Gasteiger partial charge is 0.325 e. The Balaban J connectivity index is 3.79. The number of rotatable bonds is 49. The van der Waals surface area contributed by atoms with E-state index in [0.717, 1.165) is 0 Å². The van der Waals surface area contributed by atoms with Gasteiger partial charge in [-0.1, -0.05) is 0 Å². The van der Waals surface area contributed by atoms with Gasteiger partial charge in [0, 0.05) is 39.3 Å². The quantitative estimate of drug-likeness (QED) is 0.0153. The van der Waals surface area contributed by atoms with Crippen LogP contribution in [-0.4, -0.2) is 235 Å². The Morgan fingerprint density at radius 3 is 0.939 bits per heavy atom. The number of carbonyl (C=O) groups excluding carboxylic acids is 10. The number of carboxylic acids is 1. The standard InChI is InChI=1S/C57H110N28O13/c1-30(76-43(88)36(17-9-25-72-54(63)64)84-50(95)40-21-13-29-85(40)51(96)41(60)32(3)86)42(87)78-37(18-10-26-73-55(65)66)47(92)82-39(20-12-28-75-57(69)70)49(94)83-38(19-11-27-74-56(67)68)48(93)80-33(14-4-6-22-58)45(90)79-34(15-5-7-23-59)46(91)81-35(16-8-24-71-53(61)62)44(89)77-31(2)52(97)98/h30-41,86H,4-29,58-60H2,1-3H3,(H,76,88)(H,77,89)(H,78,87)(H,79,90)(H,80,93)(H,81,91)(H,82,92)(H,83,94)(H,84,95)(H,97,98)(H4,61,62,71)(H4,63,64,72)(H4,65,66,73)(H4,67,68,74)(H4,69,70,75)/t30-,31-,32+,33-,34-,35-,36-,37-,38-,39-,40-,41-/m0/s1. The molecule has 0 saturated carbocycles. The lowest BCUT2D eigenvalue weighted by atomic mass is 10.0. The van der Waals surface area contributed by atoms with Crippen molar-refractivity contribution in [1.29, 1.82) is 0 Å². The molecule has 1 aliphatic rings. The second-order valence-corrected chi connectivity index (χ2v) is 23.5. The number of likely N-dealkylation sites (tertiary alicyclic amines) is 1. The molecule has 12 atom stereocenters. The molecule has 41 heteroatoms. The van der Waals surface area contributed by atoms with E-state index in [2.05, 4.69) is 72.8 Å². The maximum Gasteiger partial charge on any atom is 0.325 e. The molecule has 0 aromatic rings. The van der Waals surface area contributed by atoms with Crippen LogP contribution in [0.25, 0.3) is 0 Å². The molecule has 556 valence electrons. The Morgan fingerprint density at radius 1 is 0.398 bits per heavy atom. The number of aliphatic imine (C=N–C) groups is 5. The largest absolute Gasteiger partial charge is 0.480 e. The number of nitrogens with two attached hydrogens (primary N) is 13. The van der Waals surface area contributed by atoms with Crippen LogP contribution in [0.4, 0.5) is 0 Å². The fraction of sp³-hybridized carbons (Fsp3) is 0.719. The molecule has 10 amide bonds. The molecule has 0 aliphatic carbocycles. The predicted octanol–water partition coefficient (Wildman–Crippen LogP) is -10.3. The molecular formula is C57H110N28O13. The van der Waals surface area contributed by atoms with E-state index in [-0.39, 0.29) is 172 Å². The van der Waals surface area contributed by atoms with E-state index in [9.17, 15) is 63.0 Å². The predicted molar refractivity (Wildman–Crippen MR) is 366 cm³/mol. The Labute approximate surface area is 569 Å². The normalized spacial score (nSPS) is 15.8. The first-order valence-electron chi connectivity index (χ1n) is 32.6. The van der Waals surface area contributed by atoms with Crippen LogP contribution >= 0.6 is 0 Å². The van der Waals surface area contributed by atoms with Crippen molar-refractivity contribution in [1.82, 2.24) is 52.8 Å². The SMILES string of the molecule is C[C@H](NC(=O)[C@H](CCCN=C(N)N)NC(=O)[C@H](CCCCN)NC(=O)[C@H](CCCCN)NC(=O)[C@H](CCCN=C(N)N)NC(=O)[C@H](CCCN=C(N)N)NC(=O)[C@H](CCCN=C(N)N)NC(=O)[C@H](C)NC(=O)[C@H](CCCN=C(N)N)NC(=O)[C@@H]1CCCN1C(=O)[C@@H](N)[C@@H](C)O)C(=O)O. The minimum atomic E-state index is -1.52. The van der Waals surface area contributed by atoms with Gasteiger partial charge in [0.1, 0.15) is 66.5 Å². The van der Waals surface area contributed by atoms with Crippen LogP contribution in [-0.2, 0) is 52.7 Å². The van der Waals surface area contributed by atoms with E-state index >= 15 is 0 Å². The number of aliphatic carboxylic acids is 1. The van der Waals surface area contributed by atoms with Gasteiger partial charge < -0.3 is 138 Å². The number of hydrogen-bond donors (Lipinski definition) is 24. The van der Waals surface area contributed by atoms with Crippen molar-refractivity contribution in [3.8, 4) is 0 Å². The average Bonchev–Trinajstić information content (AvgIpc) is 1.62. The number of aliphatic hydroxyl groups is 1. The number of guanidine groups is 5. The van der Waals surface area contributed by atoms with Crippen molar-refractivity contribution >= 4 is 94.8 Å². The van der Waals surface area contributed by atoms with E-state index < -0.39 is 138 Å². The van der Waals surface area contributed by atoms with Crippen molar-refractivity contribution in [3.05, 3.63) is 0 Å². The van der Waals surface area contributed by atoms with Gasteiger partial charge in [-0.3, -0.25) is 77.7 Å². The van der Waals surface area contributed by atoms with Gasteiger partial charge >= 0.3 is 5.97 Å². The Morgan fingerprint density at radius 2 is 0.663 bits per heavy atom. The third-order valence-electron chi connectivity index (χ3n) is 15.2. The monoisotopic (exact) mass is 1390 g/mol. The zero-order valence-electron chi connectivity index (χ0n) is 56.4. The van der Waals surface area contributed by atoms with Crippen molar-refractivity contribution in [2.24, 2.45) is 99.5 Å². The maximum absolute atomic E-state index is 14.7. The Bertz CT molecular complexity index is 2730. The van der Waals surface area contributed by atoms with Gasteiger partial charge in [0.2, 0.25) is 59.1 Å². The van der Waals surface area contributed by atoms with Gasteiger partial charge in [-0.15, -0.1) is 0 Å². The average molecular weight is 1400 g/mol. The van der Waals surface area contributed by atoms with Crippen molar-refractivity contribution in [3.63, 3.8) is 0 Å². The van der Waals surface area contributed by atoms with Gasteiger partial charge in [0.15, 0.2) is 29.8 Å². The number of carboxylic acid groups (broad SMARTS) is 1. The number of nitrogens with one attached hydrogen (secondary N) is 9. The van der Waals surface area contributed by atoms with Crippen molar-refractivity contribution in [2.75, 3.05) is 52.4 Å². The third-order valence-corrected chi connectivity index (χ3v) is 15.2. The third kappa shape index (κ3) is 35.4. The first kappa shape index (κ1) is 86.4. The van der Waals surface area contributed by atoms with E-state index in [4.69, 9.17) is 74.5 Å². The Kier molecular flexibility index (Phi) is 41.7. The first-order valence-corrected chi connectivity index (χ1v) is 32.6. The van der Waals surface area contributed by atoms with Gasteiger partial charge in [-0.25, -0.2) is 0 Å². The lowest BCUT2D eigenvalue weighted by molar-refractivity contribution is -0.142. The number of amides is 10. The summed E-state index contributed by atoms with van der Waals surface area (Å²) in [5.74, 6) is -11.2. The summed E-state index contributed by atoms with van der Waals surface area (Å²) in [6.45, 7) is 4.38. The molecule has 1 heterocycles. The molecule has 1 saturated heterocycles. The molecular weight excluding hydrogens is 1280 g/mol. The molecule has 37 N–H and O–H groups in total. The van der Waals surface area contributed by atoms with Crippen LogP contribution in [0.3, 0.4) is 0 Å². The van der Waals surface area contributed by atoms with E-state index in [1.165, 1.54) is 25.7 Å². The highest BCUT2D eigenvalue weighted by molar-refractivity contribution is 5.99. The van der Waals surface area contributed by atoms with Crippen LogP contribution in [0, 0.1) is 0 Å². The minimum Gasteiger partial charge on any atom is -0.480 e. The summed E-state index contributed by atoms with van der Waals surface area (Å²) >= 11 is 0. The molecule has 41 nitrogen and oxygen atoms in total. The van der Waals surface area contributed by atoms with Crippen LogP contribution in [0.2, 0.25) is 0 Å². The second kappa shape index (κ2) is 47.3. The van der Waals surface area contributed by atoms with Gasteiger partial charge in [0.05, 0.1) is 6.10 Å².